The highest BCUT2D eigenvalue weighted by Crippen LogP contribution is 2.32. The SMILES string of the molecule is COc1ccc(CC(=O)O)cc1Oc1ccccc1. The number of carboxylic acid groups (broad SMARTS) is 1. The smallest absolute Gasteiger partial charge is 0.307 e. The van der Waals surface area contributed by atoms with E-state index < -0.39 is 5.97 Å². The van der Waals surface area contributed by atoms with Crippen LogP contribution in [0.25, 0.3) is 0 Å². The van der Waals surface area contributed by atoms with Gasteiger partial charge in [0, 0.05) is 0 Å². The van der Waals surface area contributed by atoms with Crippen molar-refractivity contribution in [3.63, 3.8) is 0 Å². The molecule has 0 heterocycles. The number of carbonyl (C=O) groups is 1. The van der Waals surface area contributed by atoms with Crippen LogP contribution in [0.1, 0.15) is 5.56 Å². The second kappa shape index (κ2) is 5.91. The molecule has 2 aromatic rings. The predicted molar refractivity (Wildman–Crippen MR) is 70.8 cm³/mol. The topological polar surface area (TPSA) is 55.8 Å². The first-order valence-corrected chi connectivity index (χ1v) is 5.80. The Hall–Kier alpha value is -2.49. The van der Waals surface area contributed by atoms with Gasteiger partial charge in [-0.2, -0.15) is 0 Å². The van der Waals surface area contributed by atoms with Crippen molar-refractivity contribution >= 4 is 5.97 Å². The van der Waals surface area contributed by atoms with Crippen molar-refractivity contribution in [1.82, 2.24) is 0 Å². The molecule has 0 saturated carbocycles. The van der Waals surface area contributed by atoms with Gasteiger partial charge in [-0.1, -0.05) is 24.3 Å². The van der Waals surface area contributed by atoms with E-state index in [0.29, 0.717) is 22.8 Å². The van der Waals surface area contributed by atoms with Crippen molar-refractivity contribution in [3.05, 3.63) is 54.1 Å². The van der Waals surface area contributed by atoms with E-state index in [-0.39, 0.29) is 6.42 Å². The van der Waals surface area contributed by atoms with Crippen molar-refractivity contribution < 1.29 is 19.4 Å². The van der Waals surface area contributed by atoms with Crippen LogP contribution in [0.2, 0.25) is 0 Å². The van der Waals surface area contributed by atoms with Gasteiger partial charge in [-0.05, 0) is 29.8 Å². The highest BCUT2D eigenvalue weighted by Gasteiger charge is 2.09. The van der Waals surface area contributed by atoms with Gasteiger partial charge in [-0.25, -0.2) is 0 Å². The molecule has 2 aromatic carbocycles. The summed E-state index contributed by atoms with van der Waals surface area (Å²) >= 11 is 0. The molecule has 0 aromatic heterocycles. The van der Waals surface area contributed by atoms with E-state index in [1.165, 1.54) is 0 Å². The van der Waals surface area contributed by atoms with Gasteiger partial charge in [0.15, 0.2) is 11.5 Å². The lowest BCUT2D eigenvalue weighted by Crippen LogP contribution is -2.00. The standard InChI is InChI=1S/C15H14O4/c1-18-13-8-7-11(10-15(16)17)9-14(13)19-12-5-3-2-4-6-12/h2-9H,10H2,1H3,(H,16,17). The van der Waals surface area contributed by atoms with Crippen molar-refractivity contribution in [1.29, 1.82) is 0 Å². The number of ether oxygens (including phenoxy) is 2. The van der Waals surface area contributed by atoms with Crippen LogP contribution in [0.4, 0.5) is 0 Å². The van der Waals surface area contributed by atoms with Crippen molar-refractivity contribution in [2.75, 3.05) is 7.11 Å². The summed E-state index contributed by atoms with van der Waals surface area (Å²) < 4.78 is 10.9. The fourth-order valence-corrected chi connectivity index (χ4v) is 1.70. The quantitative estimate of drug-likeness (QED) is 0.895. The first-order chi connectivity index (χ1) is 9.19. The maximum atomic E-state index is 10.7. The molecule has 19 heavy (non-hydrogen) atoms. The van der Waals surface area contributed by atoms with Crippen LogP contribution in [-0.2, 0) is 11.2 Å². The molecule has 0 aliphatic heterocycles. The maximum Gasteiger partial charge on any atom is 0.307 e. The number of hydrogen-bond acceptors (Lipinski definition) is 3. The number of rotatable bonds is 5. The third-order valence-corrected chi connectivity index (χ3v) is 2.55. The Morgan fingerprint density at radius 1 is 1.11 bits per heavy atom. The summed E-state index contributed by atoms with van der Waals surface area (Å²) in [5.74, 6) is 0.870. The second-order valence-corrected chi connectivity index (χ2v) is 3.97. The molecule has 4 heteroatoms. The van der Waals surface area contributed by atoms with Gasteiger partial charge in [-0.15, -0.1) is 0 Å². The summed E-state index contributed by atoms with van der Waals surface area (Å²) in [5, 5.41) is 8.80. The number of carboxylic acids is 1. The van der Waals surface area contributed by atoms with Crippen molar-refractivity contribution in [3.8, 4) is 17.2 Å². The third-order valence-electron chi connectivity index (χ3n) is 2.55. The average molecular weight is 258 g/mol. The number of aliphatic carboxylic acids is 1. The van der Waals surface area contributed by atoms with Crippen molar-refractivity contribution in [2.45, 2.75) is 6.42 Å². The first-order valence-electron chi connectivity index (χ1n) is 5.80. The number of benzene rings is 2. The zero-order valence-electron chi connectivity index (χ0n) is 10.5. The van der Waals surface area contributed by atoms with Crippen LogP contribution in [-0.4, -0.2) is 18.2 Å². The third kappa shape index (κ3) is 3.48. The molecule has 0 saturated heterocycles. The molecule has 2 rings (SSSR count). The highest BCUT2D eigenvalue weighted by atomic mass is 16.5. The fourth-order valence-electron chi connectivity index (χ4n) is 1.70. The van der Waals surface area contributed by atoms with Crippen LogP contribution in [0.5, 0.6) is 17.2 Å². The number of hydrogen-bond donors (Lipinski definition) is 1. The van der Waals surface area contributed by atoms with E-state index in [9.17, 15) is 4.79 Å². The van der Waals surface area contributed by atoms with Gasteiger partial charge in [-0.3, -0.25) is 4.79 Å². The van der Waals surface area contributed by atoms with Crippen molar-refractivity contribution in [2.24, 2.45) is 0 Å². The van der Waals surface area contributed by atoms with Gasteiger partial charge in [0.05, 0.1) is 13.5 Å². The zero-order chi connectivity index (χ0) is 13.7. The maximum absolute atomic E-state index is 10.7. The van der Waals surface area contributed by atoms with Crippen LogP contribution < -0.4 is 9.47 Å². The van der Waals surface area contributed by atoms with Crippen LogP contribution in [0.3, 0.4) is 0 Å². The molecule has 0 unspecified atom stereocenters. The van der Waals surface area contributed by atoms with E-state index in [1.807, 2.05) is 30.3 Å². The Morgan fingerprint density at radius 3 is 2.47 bits per heavy atom. The molecule has 0 bridgehead atoms. The summed E-state index contributed by atoms with van der Waals surface area (Å²) in [5.41, 5.74) is 0.666. The first kappa shape index (κ1) is 13.0. The van der Waals surface area contributed by atoms with E-state index >= 15 is 0 Å². The summed E-state index contributed by atoms with van der Waals surface area (Å²) in [7, 11) is 1.55. The Bertz CT molecular complexity index is 564. The van der Waals surface area contributed by atoms with Gasteiger partial charge < -0.3 is 14.6 Å². The van der Waals surface area contributed by atoms with Crippen LogP contribution in [0.15, 0.2) is 48.5 Å². The molecular formula is C15H14O4. The van der Waals surface area contributed by atoms with Crippen LogP contribution >= 0.6 is 0 Å². The molecule has 0 aliphatic carbocycles. The normalized spacial score (nSPS) is 9.95. The minimum Gasteiger partial charge on any atom is -0.493 e. The second-order valence-electron chi connectivity index (χ2n) is 3.97. The Balaban J connectivity index is 2.28. The van der Waals surface area contributed by atoms with Crippen LogP contribution in [0, 0.1) is 0 Å². The van der Waals surface area contributed by atoms with E-state index in [4.69, 9.17) is 14.6 Å². The molecule has 0 spiro atoms. The molecule has 1 N–H and O–H groups in total. The molecule has 4 nitrogen and oxygen atoms in total. The molecule has 0 radical (unpaired) electrons. The summed E-state index contributed by atoms with van der Waals surface area (Å²) in [6.07, 6.45) is -0.0465. The van der Waals surface area contributed by atoms with E-state index in [1.54, 1.807) is 25.3 Å². The van der Waals surface area contributed by atoms with Gasteiger partial charge in [0.2, 0.25) is 0 Å². The lowest BCUT2D eigenvalue weighted by atomic mass is 10.1. The summed E-state index contributed by atoms with van der Waals surface area (Å²) in [4.78, 5) is 10.7. The lowest BCUT2D eigenvalue weighted by Gasteiger charge is -2.11. The molecule has 98 valence electrons. The minimum atomic E-state index is -0.879. The van der Waals surface area contributed by atoms with Gasteiger partial charge >= 0.3 is 5.97 Å². The summed E-state index contributed by atoms with van der Waals surface area (Å²) in [6.45, 7) is 0. The lowest BCUT2D eigenvalue weighted by molar-refractivity contribution is -0.136. The average Bonchev–Trinajstić information content (AvgIpc) is 2.39. The Kier molecular flexibility index (Phi) is 4.03. The fraction of sp³-hybridized carbons (Fsp3) is 0.133. The predicted octanol–water partition coefficient (Wildman–Crippen LogP) is 3.11. The van der Waals surface area contributed by atoms with E-state index in [2.05, 4.69) is 0 Å². The Morgan fingerprint density at radius 2 is 1.84 bits per heavy atom. The minimum absolute atomic E-state index is 0.0465. The molecule has 0 fully saturated rings. The number of para-hydroxylation sites is 1. The largest absolute Gasteiger partial charge is 0.493 e. The zero-order valence-corrected chi connectivity index (χ0v) is 10.5. The van der Waals surface area contributed by atoms with Gasteiger partial charge in [0.25, 0.3) is 0 Å². The monoisotopic (exact) mass is 258 g/mol. The van der Waals surface area contributed by atoms with E-state index in [0.717, 1.165) is 0 Å². The highest BCUT2D eigenvalue weighted by molar-refractivity contribution is 5.70. The Labute approximate surface area is 111 Å². The van der Waals surface area contributed by atoms with Gasteiger partial charge in [0.1, 0.15) is 5.75 Å². The molecular weight excluding hydrogens is 244 g/mol. The number of methoxy groups -OCH3 is 1. The molecule has 0 aliphatic rings. The summed E-state index contributed by atoms with van der Waals surface area (Å²) in [6, 6.07) is 14.4. The molecule has 0 amide bonds. The molecule has 0 atom stereocenters.